The number of phosphoric acid groups is 1. The van der Waals surface area contributed by atoms with Crippen LogP contribution in [0, 0.1) is 11.8 Å². The number of fused-ring (bicyclic) bond motifs is 2. The molecule has 16 heteroatoms. The highest BCUT2D eigenvalue weighted by molar-refractivity contribution is 7.82. The van der Waals surface area contributed by atoms with E-state index in [1.807, 2.05) is 44.2 Å². The number of alkyl carbamates (subject to hydrolysis) is 1. The summed E-state index contributed by atoms with van der Waals surface area (Å²) in [5.41, 5.74) is 2.07. The lowest BCUT2D eigenvalue weighted by Crippen LogP contribution is -2.52. The van der Waals surface area contributed by atoms with Gasteiger partial charge in [-0.05, 0) is 47.5 Å². The summed E-state index contributed by atoms with van der Waals surface area (Å²) in [5, 5.41) is 12.8. The second-order valence-electron chi connectivity index (χ2n) is 11.6. The van der Waals surface area contributed by atoms with Gasteiger partial charge in [0.15, 0.2) is 6.29 Å². The molecule has 0 aliphatic carbocycles. The van der Waals surface area contributed by atoms with Crippen molar-refractivity contribution in [2.45, 2.75) is 62.7 Å². The van der Waals surface area contributed by atoms with Gasteiger partial charge in [0.2, 0.25) is 0 Å². The molecule has 2 aromatic carbocycles. The largest absolute Gasteiger partial charge is 0.491 e. The van der Waals surface area contributed by atoms with Gasteiger partial charge in [-0.1, -0.05) is 50.2 Å². The highest BCUT2D eigenvalue weighted by atomic mass is 32.2. The molecule has 3 aliphatic rings. The quantitative estimate of drug-likeness (QED) is 0.182. The molecule has 3 aliphatic heterocycles. The fraction of sp³-hybridized carbons (Fsp3) is 0.536. The number of nitrogens with one attached hydrogen (secondary N) is 1. The molecule has 13 nitrogen and oxygen atoms in total. The first-order valence-electron chi connectivity index (χ1n) is 14.5. The zero-order chi connectivity index (χ0) is 31.4. The van der Waals surface area contributed by atoms with E-state index in [-0.39, 0.29) is 44.6 Å². The molecule has 0 saturated carbocycles. The smallest absolute Gasteiger partial charge is 0.443 e. The van der Waals surface area contributed by atoms with Crippen molar-refractivity contribution < 1.29 is 51.8 Å². The van der Waals surface area contributed by atoms with Gasteiger partial charge < -0.3 is 39.0 Å². The Hall–Kier alpha value is -2.17. The predicted molar refractivity (Wildman–Crippen MR) is 160 cm³/mol. The molecule has 2 saturated heterocycles. The Morgan fingerprint density at radius 2 is 1.95 bits per heavy atom. The molecule has 44 heavy (non-hydrogen) atoms. The Morgan fingerprint density at radius 3 is 2.68 bits per heavy atom. The highest BCUT2D eigenvalue weighted by Gasteiger charge is 2.44. The molecule has 3 heterocycles. The fourth-order valence-electron chi connectivity index (χ4n) is 5.71. The van der Waals surface area contributed by atoms with Crippen LogP contribution in [0.25, 0.3) is 0 Å². The number of ether oxygens (including phenoxy) is 3. The van der Waals surface area contributed by atoms with Crippen LogP contribution < -0.4 is 10.8 Å². The third kappa shape index (κ3) is 8.55. The molecule has 2 fully saturated rings. The summed E-state index contributed by atoms with van der Waals surface area (Å²) >= 11 is 0. The number of rotatable bonds is 13. The van der Waals surface area contributed by atoms with E-state index < -0.39 is 56.6 Å². The highest BCUT2D eigenvalue weighted by Crippen LogP contribution is 2.39. The van der Waals surface area contributed by atoms with E-state index in [9.17, 15) is 28.4 Å². The van der Waals surface area contributed by atoms with Gasteiger partial charge in [-0.3, -0.25) is 4.52 Å². The Bertz CT molecular complexity index is 1370. The molecule has 0 spiro atoms. The SMILES string of the molecule is CC(C)CN(C[C@@H](OP(=O)(O)O)[C@H](Cc1ccccc1)NC(=O)O[C@H]1CO[C@H]2OCC[C@H]21)S(=O)c1ccc2c(c1)COB2O. The number of phosphoric ester groups is 1. The normalized spacial score (nSPS) is 23.4. The summed E-state index contributed by atoms with van der Waals surface area (Å²) in [7, 11) is -7.91. The van der Waals surface area contributed by atoms with E-state index in [1.165, 1.54) is 0 Å². The van der Waals surface area contributed by atoms with Gasteiger partial charge in [-0.25, -0.2) is 17.9 Å². The summed E-state index contributed by atoms with van der Waals surface area (Å²) in [6, 6.07) is 13.1. The van der Waals surface area contributed by atoms with Crippen molar-refractivity contribution >= 4 is 37.5 Å². The summed E-state index contributed by atoms with van der Waals surface area (Å²) in [6.45, 7) is 4.79. The number of hydrogen-bond donors (Lipinski definition) is 4. The van der Waals surface area contributed by atoms with E-state index in [0.717, 1.165) is 5.56 Å². The average Bonchev–Trinajstić information content (AvgIpc) is 3.68. The Kier molecular flexibility index (Phi) is 10.9. The number of carbonyl (C=O) groups excluding carboxylic acids is 1. The maximum atomic E-state index is 13.9. The van der Waals surface area contributed by atoms with Crippen LogP contribution in [-0.4, -0.2) is 87.4 Å². The molecule has 2 aromatic rings. The maximum Gasteiger partial charge on any atom is 0.491 e. The molecule has 1 unspecified atom stereocenters. The fourth-order valence-corrected chi connectivity index (χ4v) is 7.71. The second-order valence-corrected chi connectivity index (χ2v) is 14.2. The summed E-state index contributed by atoms with van der Waals surface area (Å²) in [6.07, 6.45) is -2.22. The number of carbonyl (C=O) groups is 1. The first-order chi connectivity index (χ1) is 21.0. The second kappa shape index (κ2) is 14.5. The topological polar surface area (TPSA) is 173 Å². The average molecular weight is 652 g/mol. The van der Waals surface area contributed by atoms with Crippen LogP contribution >= 0.6 is 7.82 Å². The monoisotopic (exact) mass is 652 g/mol. The van der Waals surface area contributed by atoms with Crippen molar-refractivity contribution in [3.63, 3.8) is 0 Å². The van der Waals surface area contributed by atoms with Gasteiger partial charge >= 0.3 is 21.0 Å². The van der Waals surface area contributed by atoms with Crippen molar-refractivity contribution in [1.82, 2.24) is 9.62 Å². The third-order valence-electron chi connectivity index (χ3n) is 7.73. The van der Waals surface area contributed by atoms with Crippen molar-refractivity contribution in [3.05, 3.63) is 59.7 Å². The Morgan fingerprint density at radius 1 is 1.18 bits per heavy atom. The van der Waals surface area contributed by atoms with Crippen molar-refractivity contribution in [3.8, 4) is 0 Å². The molecule has 240 valence electrons. The lowest BCUT2D eigenvalue weighted by molar-refractivity contribution is -0.0907. The van der Waals surface area contributed by atoms with Gasteiger partial charge in [0.05, 0.1) is 36.7 Å². The van der Waals surface area contributed by atoms with E-state index in [2.05, 4.69) is 5.32 Å². The van der Waals surface area contributed by atoms with Crippen LogP contribution in [0.2, 0.25) is 0 Å². The van der Waals surface area contributed by atoms with Crippen LogP contribution in [0.4, 0.5) is 4.79 Å². The molecule has 0 bridgehead atoms. The van der Waals surface area contributed by atoms with Crippen LogP contribution in [0.1, 0.15) is 31.4 Å². The molecular weight excluding hydrogens is 614 g/mol. The van der Waals surface area contributed by atoms with Gasteiger partial charge in [0.25, 0.3) is 0 Å². The number of amides is 1. The van der Waals surface area contributed by atoms with Crippen LogP contribution in [0.15, 0.2) is 53.4 Å². The summed E-state index contributed by atoms with van der Waals surface area (Å²) < 4.78 is 55.1. The van der Waals surface area contributed by atoms with Crippen molar-refractivity contribution in [2.75, 3.05) is 26.3 Å². The van der Waals surface area contributed by atoms with Crippen molar-refractivity contribution in [2.24, 2.45) is 11.8 Å². The van der Waals surface area contributed by atoms with E-state index in [4.69, 9.17) is 23.4 Å². The van der Waals surface area contributed by atoms with Crippen LogP contribution in [0.3, 0.4) is 0 Å². The molecule has 5 rings (SSSR count). The minimum absolute atomic E-state index is 0.0173. The first-order valence-corrected chi connectivity index (χ1v) is 17.2. The zero-order valence-corrected chi connectivity index (χ0v) is 26.2. The predicted octanol–water partition coefficient (Wildman–Crippen LogP) is 1.46. The number of hydrogen-bond acceptors (Lipinski definition) is 9. The minimum atomic E-state index is -5.08. The maximum absolute atomic E-state index is 13.9. The van der Waals surface area contributed by atoms with Gasteiger partial charge in [0.1, 0.15) is 23.2 Å². The standard InChI is InChI=1S/C28H38BN2O11PS/c1-18(2)14-31(44(37)21-8-9-23-20(13-21)16-40-29(23)33)15-25(42-43(34,35)36)24(12-19-6-4-3-5-7-19)30-28(32)41-26-17-39-27-22(26)10-11-38-27/h3-9,13,18,22,24-27,33H,10-12,14-17H2,1-2H3,(H,30,32)(H2,34,35,36)/t22-,24-,25+,26-,27+,44?/m0/s1. The Labute approximate surface area is 259 Å². The van der Waals surface area contributed by atoms with E-state index in [0.29, 0.717) is 28.9 Å². The molecule has 4 N–H and O–H groups in total. The minimum Gasteiger partial charge on any atom is -0.443 e. The molecule has 6 atom stereocenters. The summed E-state index contributed by atoms with van der Waals surface area (Å²) in [5.74, 6) is -0.0815. The Balaban J connectivity index is 1.40. The van der Waals surface area contributed by atoms with E-state index >= 15 is 0 Å². The number of nitrogens with zero attached hydrogens (tertiary/aromatic N) is 1. The lowest BCUT2D eigenvalue weighted by Gasteiger charge is -2.33. The van der Waals surface area contributed by atoms with Gasteiger partial charge in [0, 0.05) is 13.1 Å². The molecular formula is C28H38BN2O11PS. The zero-order valence-electron chi connectivity index (χ0n) is 24.5. The first kappa shape index (κ1) is 33.2. The number of benzene rings is 2. The molecule has 0 radical (unpaired) electrons. The van der Waals surface area contributed by atoms with Crippen molar-refractivity contribution in [1.29, 1.82) is 0 Å². The molecule has 0 aromatic heterocycles. The van der Waals surface area contributed by atoms with Crippen LogP contribution in [0.5, 0.6) is 0 Å². The third-order valence-corrected chi connectivity index (χ3v) is 9.70. The van der Waals surface area contributed by atoms with Gasteiger partial charge in [-0.2, -0.15) is 0 Å². The van der Waals surface area contributed by atoms with Crippen LogP contribution in [-0.2, 0) is 52.0 Å². The van der Waals surface area contributed by atoms with Gasteiger partial charge in [-0.15, -0.1) is 0 Å². The van der Waals surface area contributed by atoms with E-state index in [1.54, 1.807) is 22.5 Å². The lowest BCUT2D eigenvalue weighted by atomic mass is 9.80. The molecule has 1 amide bonds. The summed E-state index contributed by atoms with van der Waals surface area (Å²) in [4.78, 5) is 33.5.